The maximum atomic E-state index is 11.9. The summed E-state index contributed by atoms with van der Waals surface area (Å²) in [5.41, 5.74) is 0.728. The van der Waals surface area contributed by atoms with Crippen molar-refractivity contribution in [2.45, 2.75) is 26.8 Å². The van der Waals surface area contributed by atoms with Gasteiger partial charge in [-0.15, -0.1) is 0 Å². The number of hydrogen-bond acceptors (Lipinski definition) is 4. The number of carbonyl (C=O) groups excluding carboxylic acids is 2. The van der Waals surface area contributed by atoms with Gasteiger partial charge in [0, 0.05) is 17.6 Å². The van der Waals surface area contributed by atoms with Gasteiger partial charge < -0.3 is 9.73 Å². The SMILES string of the molecule is CC(C)CCNC(=O)NC(=O)Cn1c(=O)oc2cc(Cl)ccc21. The lowest BCUT2D eigenvalue weighted by molar-refractivity contribution is -0.120. The van der Waals surface area contributed by atoms with Crippen molar-refractivity contribution in [1.29, 1.82) is 0 Å². The Hall–Kier alpha value is -2.28. The van der Waals surface area contributed by atoms with Crippen LogP contribution in [0.25, 0.3) is 11.1 Å². The van der Waals surface area contributed by atoms with Gasteiger partial charge in [-0.2, -0.15) is 0 Å². The third-order valence-corrected chi connectivity index (χ3v) is 3.43. The average Bonchev–Trinajstić information content (AvgIpc) is 2.73. The van der Waals surface area contributed by atoms with Gasteiger partial charge in [0.2, 0.25) is 5.91 Å². The van der Waals surface area contributed by atoms with Gasteiger partial charge in [-0.3, -0.25) is 14.7 Å². The lowest BCUT2D eigenvalue weighted by atomic mass is 10.1. The zero-order valence-corrected chi connectivity index (χ0v) is 13.6. The van der Waals surface area contributed by atoms with E-state index in [2.05, 4.69) is 10.6 Å². The van der Waals surface area contributed by atoms with Crippen LogP contribution in [0, 0.1) is 5.92 Å². The predicted octanol–water partition coefficient (Wildman–Crippen LogP) is 2.12. The van der Waals surface area contributed by atoms with Crippen LogP contribution in [0.3, 0.4) is 0 Å². The Morgan fingerprint density at radius 2 is 2.09 bits per heavy atom. The summed E-state index contributed by atoms with van der Waals surface area (Å²) in [6, 6.07) is 4.08. The highest BCUT2D eigenvalue weighted by Crippen LogP contribution is 2.18. The van der Waals surface area contributed by atoms with Crippen molar-refractivity contribution in [2.75, 3.05) is 6.54 Å². The first-order chi connectivity index (χ1) is 10.9. The monoisotopic (exact) mass is 339 g/mol. The van der Waals surface area contributed by atoms with E-state index < -0.39 is 17.7 Å². The quantitative estimate of drug-likeness (QED) is 0.872. The number of aromatic nitrogens is 1. The first-order valence-electron chi connectivity index (χ1n) is 7.23. The molecule has 7 nitrogen and oxygen atoms in total. The van der Waals surface area contributed by atoms with Gasteiger partial charge in [-0.05, 0) is 24.5 Å². The van der Waals surface area contributed by atoms with Gasteiger partial charge in [0.1, 0.15) is 6.54 Å². The second-order valence-electron chi connectivity index (χ2n) is 5.55. The Bertz CT molecular complexity index is 779. The molecule has 0 spiro atoms. The molecule has 0 radical (unpaired) electrons. The highest BCUT2D eigenvalue weighted by Gasteiger charge is 2.14. The largest absolute Gasteiger partial charge is 0.420 e. The molecule has 23 heavy (non-hydrogen) atoms. The molecule has 1 heterocycles. The zero-order valence-electron chi connectivity index (χ0n) is 12.9. The number of rotatable bonds is 5. The van der Waals surface area contributed by atoms with Crippen molar-refractivity contribution in [3.05, 3.63) is 33.8 Å². The second-order valence-corrected chi connectivity index (χ2v) is 5.99. The fourth-order valence-corrected chi connectivity index (χ4v) is 2.18. The summed E-state index contributed by atoms with van der Waals surface area (Å²) in [5, 5.41) is 5.19. The molecule has 3 amide bonds. The number of benzene rings is 1. The maximum absolute atomic E-state index is 11.9. The number of oxazole rings is 1. The molecule has 2 aromatic rings. The van der Waals surface area contributed by atoms with Crippen LogP contribution in [-0.4, -0.2) is 23.1 Å². The highest BCUT2D eigenvalue weighted by molar-refractivity contribution is 6.31. The van der Waals surface area contributed by atoms with Gasteiger partial charge in [0.15, 0.2) is 5.58 Å². The van der Waals surface area contributed by atoms with E-state index in [9.17, 15) is 14.4 Å². The Balaban J connectivity index is 1.99. The Kier molecular flexibility index (Phi) is 5.44. The molecule has 0 bridgehead atoms. The summed E-state index contributed by atoms with van der Waals surface area (Å²) in [6.07, 6.45) is 0.814. The van der Waals surface area contributed by atoms with Crippen LogP contribution >= 0.6 is 11.6 Å². The molecular formula is C15H18ClN3O4. The third kappa shape index (κ3) is 4.59. The van der Waals surface area contributed by atoms with Crippen LogP contribution in [-0.2, 0) is 11.3 Å². The predicted molar refractivity (Wildman–Crippen MR) is 86.5 cm³/mol. The lowest BCUT2D eigenvalue weighted by Gasteiger charge is -2.08. The Morgan fingerprint density at radius 1 is 1.35 bits per heavy atom. The molecule has 0 aliphatic rings. The third-order valence-electron chi connectivity index (χ3n) is 3.19. The van der Waals surface area contributed by atoms with E-state index in [-0.39, 0.29) is 12.1 Å². The fraction of sp³-hybridized carbons (Fsp3) is 0.400. The minimum atomic E-state index is -0.683. The molecule has 1 aromatic heterocycles. The molecule has 0 saturated carbocycles. The summed E-state index contributed by atoms with van der Waals surface area (Å²) in [7, 11) is 0. The fourth-order valence-electron chi connectivity index (χ4n) is 2.02. The first kappa shape index (κ1) is 17.1. The summed E-state index contributed by atoms with van der Waals surface area (Å²) in [6.45, 7) is 4.23. The molecular weight excluding hydrogens is 322 g/mol. The molecule has 1 aromatic carbocycles. The van der Waals surface area contributed by atoms with E-state index in [0.717, 1.165) is 11.0 Å². The van der Waals surface area contributed by atoms with Crippen molar-refractivity contribution in [2.24, 2.45) is 5.92 Å². The first-order valence-corrected chi connectivity index (χ1v) is 7.61. The van der Waals surface area contributed by atoms with Gasteiger partial charge in [-0.25, -0.2) is 9.59 Å². The maximum Gasteiger partial charge on any atom is 0.420 e. The van der Waals surface area contributed by atoms with E-state index in [1.54, 1.807) is 12.1 Å². The van der Waals surface area contributed by atoms with Crippen LogP contribution in [0.4, 0.5) is 4.79 Å². The van der Waals surface area contributed by atoms with E-state index in [4.69, 9.17) is 16.0 Å². The minimum Gasteiger partial charge on any atom is -0.408 e. The molecule has 8 heteroatoms. The van der Waals surface area contributed by atoms with E-state index >= 15 is 0 Å². The topological polar surface area (TPSA) is 93.3 Å². The number of imide groups is 1. The number of urea groups is 1. The Labute approximate surface area is 137 Å². The summed E-state index contributed by atoms with van der Waals surface area (Å²) in [4.78, 5) is 35.3. The summed E-state index contributed by atoms with van der Waals surface area (Å²) < 4.78 is 6.16. The number of fused-ring (bicyclic) bond motifs is 1. The van der Waals surface area contributed by atoms with Crippen LogP contribution in [0.5, 0.6) is 0 Å². The number of nitrogens with one attached hydrogen (secondary N) is 2. The van der Waals surface area contributed by atoms with Crippen molar-refractivity contribution in [1.82, 2.24) is 15.2 Å². The number of nitrogens with zero attached hydrogens (tertiary/aromatic N) is 1. The molecule has 124 valence electrons. The number of halogens is 1. The number of hydrogen-bond donors (Lipinski definition) is 2. The molecule has 2 rings (SSSR count). The van der Waals surface area contributed by atoms with Gasteiger partial charge >= 0.3 is 11.8 Å². The molecule has 0 unspecified atom stereocenters. The molecule has 0 saturated heterocycles. The van der Waals surface area contributed by atoms with Gasteiger partial charge in [0.25, 0.3) is 0 Å². The molecule has 0 atom stereocenters. The van der Waals surface area contributed by atoms with Gasteiger partial charge in [0.05, 0.1) is 5.52 Å². The van der Waals surface area contributed by atoms with E-state index in [1.165, 1.54) is 6.07 Å². The second kappa shape index (κ2) is 7.32. The van der Waals surface area contributed by atoms with Crippen molar-refractivity contribution >= 4 is 34.6 Å². The van der Waals surface area contributed by atoms with Crippen LogP contribution in [0.15, 0.2) is 27.4 Å². The summed E-state index contributed by atoms with van der Waals surface area (Å²) >= 11 is 5.82. The van der Waals surface area contributed by atoms with E-state index in [0.29, 0.717) is 23.0 Å². The highest BCUT2D eigenvalue weighted by atomic mass is 35.5. The van der Waals surface area contributed by atoms with Crippen molar-refractivity contribution < 1.29 is 14.0 Å². The van der Waals surface area contributed by atoms with Crippen LogP contribution in [0.2, 0.25) is 5.02 Å². The number of carbonyl (C=O) groups is 2. The molecule has 0 aliphatic heterocycles. The lowest BCUT2D eigenvalue weighted by Crippen LogP contribution is -2.42. The van der Waals surface area contributed by atoms with Gasteiger partial charge in [-0.1, -0.05) is 25.4 Å². The number of amides is 3. The normalized spacial score (nSPS) is 11.0. The smallest absolute Gasteiger partial charge is 0.408 e. The minimum absolute atomic E-state index is 0.289. The average molecular weight is 340 g/mol. The van der Waals surface area contributed by atoms with Crippen molar-refractivity contribution in [3.8, 4) is 0 Å². The molecule has 2 N–H and O–H groups in total. The van der Waals surface area contributed by atoms with Crippen molar-refractivity contribution in [3.63, 3.8) is 0 Å². The molecule has 0 fully saturated rings. The molecule has 0 aliphatic carbocycles. The van der Waals surface area contributed by atoms with Crippen LogP contribution in [0.1, 0.15) is 20.3 Å². The summed E-state index contributed by atoms with van der Waals surface area (Å²) in [5.74, 6) is -0.835. The van der Waals surface area contributed by atoms with E-state index in [1.807, 2.05) is 13.8 Å². The zero-order chi connectivity index (χ0) is 17.0. The van der Waals surface area contributed by atoms with Crippen LogP contribution < -0.4 is 16.4 Å². The standard InChI is InChI=1S/C15H18ClN3O4/c1-9(2)5-6-17-14(21)18-13(20)8-19-11-4-3-10(16)7-12(11)23-15(19)22/h3-4,7,9H,5-6,8H2,1-2H3,(H2,17,18,20,21). The Morgan fingerprint density at radius 3 is 2.78 bits per heavy atom.